The highest BCUT2D eigenvalue weighted by molar-refractivity contribution is 5.06. The van der Waals surface area contributed by atoms with Crippen molar-refractivity contribution in [1.29, 1.82) is 0 Å². The van der Waals surface area contributed by atoms with Gasteiger partial charge in [-0.15, -0.1) is 0 Å². The monoisotopic (exact) mass is 352 g/mol. The number of rotatable bonds is 6. The average Bonchev–Trinajstić information content (AvgIpc) is 3.21. The standard InChI is InChI=1S/C20H24N4O2/c1-16-5-6-19(26-16)12-23-10-17(11-24-9-8-22-20(24)13-23)14-25-15-18-4-2-3-7-21-18/h2-9,17H,10-15H2,1H3. The molecule has 0 saturated carbocycles. The zero-order chi connectivity index (χ0) is 17.8. The summed E-state index contributed by atoms with van der Waals surface area (Å²) in [5.74, 6) is 3.44. The molecule has 0 fully saturated rings. The molecule has 3 aromatic rings. The van der Waals surface area contributed by atoms with Crippen molar-refractivity contribution in [2.45, 2.75) is 33.2 Å². The fourth-order valence-electron chi connectivity index (χ4n) is 3.45. The number of hydrogen-bond donors (Lipinski definition) is 0. The number of hydrogen-bond acceptors (Lipinski definition) is 5. The Kier molecular flexibility index (Phi) is 5.13. The van der Waals surface area contributed by atoms with Crippen LogP contribution in [0.25, 0.3) is 0 Å². The van der Waals surface area contributed by atoms with E-state index in [2.05, 4.69) is 31.7 Å². The maximum atomic E-state index is 5.96. The van der Waals surface area contributed by atoms with Gasteiger partial charge in [-0.3, -0.25) is 9.88 Å². The van der Waals surface area contributed by atoms with Gasteiger partial charge in [-0.1, -0.05) is 6.07 Å². The van der Waals surface area contributed by atoms with Crippen LogP contribution in [-0.4, -0.2) is 32.6 Å². The largest absolute Gasteiger partial charge is 0.465 e. The van der Waals surface area contributed by atoms with Gasteiger partial charge < -0.3 is 13.7 Å². The minimum absolute atomic E-state index is 0.394. The zero-order valence-electron chi connectivity index (χ0n) is 15.0. The predicted octanol–water partition coefficient (Wildman–Crippen LogP) is 3.03. The van der Waals surface area contributed by atoms with E-state index >= 15 is 0 Å². The van der Waals surface area contributed by atoms with Crippen LogP contribution in [-0.2, 0) is 31.0 Å². The van der Waals surface area contributed by atoms with Gasteiger partial charge >= 0.3 is 0 Å². The number of nitrogens with zero attached hydrogens (tertiary/aromatic N) is 4. The van der Waals surface area contributed by atoms with Gasteiger partial charge in [0.25, 0.3) is 0 Å². The number of aryl methyl sites for hydroxylation is 1. The van der Waals surface area contributed by atoms with E-state index in [9.17, 15) is 0 Å². The first-order valence-corrected chi connectivity index (χ1v) is 9.01. The van der Waals surface area contributed by atoms with E-state index in [0.29, 0.717) is 19.1 Å². The van der Waals surface area contributed by atoms with Crippen molar-refractivity contribution in [3.8, 4) is 0 Å². The highest BCUT2D eigenvalue weighted by atomic mass is 16.5. The molecule has 1 aliphatic heterocycles. The number of imidazole rings is 1. The van der Waals surface area contributed by atoms with E-state index in [4.69, 9.17) is 9.15 Å². The molecule has 1 aliphatic rings. The van der Waals surface area contributed by atoms with Gasteiger partial charge in [-0.25, -0.2) is 4.98 Å². The molecule has 6 nitrogen and oxygen atoms in total. The zero-order valence-corrected chi connectivity index (χ0v) is 15.0. The molecule has 3 aromatic heterocycles. The van der Waals surface area contributed by atoms with Crippen LogP contribution in [0, 0.1) is 12.8 Å². The molecule has 4 heterocycles. The van der Waals surface area contributed by atoms with E-state index in [-0.39, 0.29) is 0 Å². The molecular weight excluding hydrogens is 328 g/mol. The Morgan fingerprint density at radius 2 is 2.12 bits per heavy atom. The van der Waals surface area contributed by atoms with Crippen LogP contribution in [0.4, 0.5) is 0 Å². The van der Waals surface area contributed by atoms with Crippen LogP contribution in [0.2, 0.25) is 0 Å². The van der Waals surface area contributed by atoms with Crippen LogP contribution in [0.1, 0.15) is 23.0 Å². The second-order valence-electron chi connectivity index (χ2n) is 6.88. The lowest BCUT2D eigenvalue weighted by molar-refractivity contribution is 0.0637. The predicted molar refractivity (Wildman–Crippen MR) is 97.2 cm³/mol. The lowest BCUT2D eigenvalue weighted by Crippen LogP contribution is -2.30. The minimum atomic E-state index is 0.394. The fraction of sp³-hybridized carbons (Fsp3) is 0.400. The molecule has 6 heteroatoms. The molecule has 1 atom stereocenters. The summed E-state index contributed by atoms with van der Waals surface area (Å²) in [6, 6.07) is 9.97. The van der Waals surface area contributed by atoms with Crippen molar-refractivity contribution >= 4 is 0 Å². The Bertz CT molecular complexity index is 827. The molecule has 4 rings (SSSR count). The Morgan fingerprint density at radius 1 is 1.15 bits per heavy atom. The second kappa shape index (κ2) is 7.85. The van der Waals surface area contributed by atoms with Gasteiger partial charge in [0.15, 0.2) is 0 Å². The summed E-state index contributed by atoms with van der Waals surface area (Å²) in [6.45, 7) is 6.71. The van der Waals surface area contributed by atoms with Crippen molar-refractivity contribution < 1.29 is 9.15 Å². The summed E-state index contributed by atoms with van der Waals surface area (Å²) >= 11 is 0. The van der Waals surface area contributed by atoms with Gasteiger partial charge in [-0.05, 0) is 31.2 Å². The van der Waals surface area contributed by atoms with Crippen LogP contribution < -0.4 is 0 Å². The van der Waals surface area contributed by atoms with E-state index in [1.54, 1.807) is 6.20 Å². The van der Waals surface area contributed by atoms with E-state index in [0.717, 1.165) is 49.2 Å². The number of pyridine rings is 1. The van der Waals surface area contributed by atoms with Crippen molar-refractivity contribution in [3.05, 3.63) is 72.0 Å². The van der Waals surface area contributed by atoms with Gasteiger partial charge in [-0.2, -0.15) is 0 Å². The molecule has 0 aromatic carbocycles. The van der Waals surface area contributed by atoms with E-state index in [1.807, 2.05) is 37.4 Å². The molecule has 0 spiro atoms. The number of furan rings is 1. The lowest BCUT2D eigenvalue weighted by atomic mass is 10.1. The normalized spacial score (nSPS) is 17.8. The summed E-state index contributed by atoms with van der Waals surface area (Å²) in [5, 5.41) is 0. The van der Waals surface area contributed by atoms with Crippen LogP contribution in [0.3, 0.4) is 0 Å². The number of aromatic nitrogens is 3. The van der Waals surface area contributed by atoms with E-state index in [1.165, 1.54) is 0 Å². The summed E-state index contributed by atoms with van der Waals surface area (Å²) < 4.78 is 14.0. The fourth-order valence-corrected chi connectivity index (χ4v) is 3.45. The summed E-state index contributed by atoms with van der Waals surface area (Å²) in [5.41, 5.74) is 0.965. The first-order valence-electron chi connectivity index (χ1n) is 9.01. The highest BCUT2D eigenvalue weighted by Gasteiger charge is 2.23. The van der Waals surface area contributed by atoms with Crippen molar-refractivity contribution in [3.63, 3.8) is 0 Å². The minimum Gasteiger partial charge on any atom is -0.465 e. The van der Waals surface area contributed by atoms with E-state index < -0.39 is 0 Å². The third-order valence-electron chi connectivity index (χ3n) is 4.64. The first-order chi connectivity index (χ1) is 12.8. The first kappa shape index (κ1) is 17.0. The summed E-state index contributed by atoms with van der Waals surface area (Å²) in [4.78, 5) is 11.2. The topological polar surface area (TPSA) is 56.3 Å². The average molecular weight is 352 g/mol. The Labute approximate surface area is 153 Å². The molecule has 0 radical (unpaired) electrons. The third kappa shape index (κ3) is 4.20. The number of ether oxygens (including phenoxy) is 1. The third-order valence-corrected chi connectivity index (χ3v) is 4.64. The molecule has 0 saturated heterocycles. The number of fused-ring (bicyclic) bond motifs is 1. The molecule has 0 bridgehead atoms. The smallest absolute Gasteiger partial charge is 0.122 e. The van der Waals surface area contributed by atoms with Gasteiger partial charge in [0.1, 0.15) is 17.3 Å². The molecule has 0 amide bonds. The maximum absolute atomic E-state index is 5.96. The van der Waals surface area contributed by atoms with Gasteiger partial charge in [0.05, 0.1) is 32.0 Å². The molecular formula is C20H24N4O2. The van der Waals surface area contributed by atoms with Gasteiger partial charge in [0.2, 0.25) is 0 Å². The molecule has 136 valence electrons. The summed E-state index contributed by atoms with van der Waals surface area (Å²) in [7, 11) is 0. The lowest BCUT2D eigenvalue weighted by Gasteiger charge is -2.22. The molecule has 0 aliphatic carbocycles. The Balaban J connectivity index is 1.40. The molecule has 26 heavy (non-hydrogen) atoms. The maximum Gasteiger partial charge on any atom is 0.122 e. The van der Waals surface area contributed by atoms with Crippen LogP contribution in [0.15, 0.2) is 53.3 Å². The van der Waals surface area contributed by atoms with Crippen molar-refractivity contribution in [2.24, 2.45) is 5.92 Å². The van der Waals surface area contributed by atoms with Crippen LogP contribution in [0.5, 0.6) is 0 Å². The Morgan fingerprint density at radius 3 is 2.92 bits per heavy atom. The Hall–Kier alpha value is -2.44. The highest BCUT2D eigenvalue weighted by Crippen LogP contribution is 2.19. The van der Waals surface area contributed by atoms with Crippen LogP contribution >= 0.6 is 0 Å². The molecule has 0 N–H and O–H groups in total. The SMILES string of the molecule is Cc1ccc(CN2Cc3nccn3CC(COCc3ccccn3)C2)o1. The second-order valence-corrected chi connectivity index (χ2v) is 6.88. The van der Waals surface area contributed by atoms with Gasteiger partial charge in [0, 0.05) is 37.6 Å². The molecule has 1 unspecified atom stereocenters. The van der Waals surface area contributed by atoms with Crippen molar-refractivity contribution in [2.75, 3.05) is 13.2 Å². The summed E-state index contributed by atoms with van der Waals surface area (Å²) in [6.07, 6.45) is 5.73. The quantitative estimate of drug-likeness (QED) is 0.682. The van der Waals surface area contributed by atoms with Crippen molar-refractivity contribution in [1.82, 2.24) is 19.4 Å².